The van der Waals surface area contributed by atoms with Gasteiger partial charge in [0.2, 0.25) is 0 Å². The number of hydrogen-bond acceptors (Lipinski definition) is 3. The molecule has 0 radical (unpaired) electrons. The summed E-state index contributed by atoms with van der Waals surface area (Å²) in [6.45, 7) is 6.26. The molecule has 2 aromatic heterocycles. The van der Waals surface area contributed by atoms with Crippen LogP contribution in [0.3, 0.4) is 0 Å². The van der Waals surface area contributed by atoms with E-state index in [4.69, 9.17) is 4.42 Å². The van der Waals surface area contributed by atoms with Crippen molar-refractivity contribution in [3.8, 4) is 0 Å². The van der Waals surface area contributed by atoms with E-state index in [1.54, 1.807) is 0 Å². The molecule has 0 aliphatic carbocycles. The Kier molecular flexibility index (Phi) is 4.24. The highest BCUT2D eigenvalue weighted by Gasteiger charge is 2.14. The second kappa shape index (κ2) is 5.71. The van der Waals surface area contributed by atoms with Crippen LogP contribution in [0.5, 0.6) is 0 Å². The Labute approximate surface area is 115 Å². The normalized spacial score (nSPS) is 14.7. The van der Waals surface area contributed by atoms with Gasteiger partial charge in [-0.1, -0.05) is 0 Å². The minimum absolute atomic E-state index is 0.186. The molecule has 4 nitrogen and oxygen atoms in total. The van der Waals surface area contributed by atoms with Gasteiger partial charge in [-0.2, -0.15) is 5.10 Å². The van der Waals surface area contributed by atoms with Gasteiger partial charge in [-0.15, -0.1) is 0 Å². The van der Waals surface area contributed by atoms with Crippen molar-refractivity contribution < 1.29 is 4.42 Å². The molecule has 98 valence electrons. The van der Waals surface area contributed by atoms with Crippen LogP contribution in [0.15, 0.2) is 27.3 Å². The molecule has 2 heterocycles. The number of aryl methyl sites for hydroxylation is 1. The Morgan fingerprint density at radius 1 is 1.44 bits per heavy atom. The standard InChI is InChI=1S/C13H18BrN3O/c1-8(6-11-7-9(2)16-17-11)15-10(3)12-4-5-13(14)18-12/h4-5,7-8,10,15H,6H2,1-3H3,(H,16,17). The van der Waals surface area contributed by atoms with Crippen molar-refractivity contribution in [2.45, 2.75) is 39.3 Å². The molecule has 0 aromatic carbocycles. The van der Waals surface area contributed by atoms with Crippen LogP contribution in [0.1, 0.15) is 37.0 Å². The molecule has 0 aliphatic rings. The van der Waals surface area contributed by atoms with Gasteiger partial charge < -0.3 is 9.73 Å². The first-order valence-electron chi connectivity index (χ1n) is 6.07. The van der Waals surface area contributed by atoms with E-state index in [-0.39, 0.29) is 6.04 Å². The molecule has 0 amide bonds. The molecular formula is C13H18BrN3O. The summed E-state index contributed by atoms with van der Waals surface area (Å²) in [7, 11) is 0. The van der Waals surface area contributed by atoms with Gasteiger partial charge in [-0.3, -0.25) is 5.10 Å². The molecule has 0 saturated heterocycles. The quantitative estimate of drug-likeness (QED) is 0.890. The lowest BCUT2D eigenvalue weighted by Gasteiger charge is -2.17. The molecule has 0 fully saturated rings. The minimum Gasteiger partial charge on any atom is -0.453 e. The maximum Gasteiger partial charge on any atom is 0.169 e. The van der Waals surface area contributed by atoms with Crippen LogP contribution in [0, 0.1) is 6.92 Å². The number of hydrogen-bond donors (Lipinski definition) is 2. The van der Waals surface area contributed by atoms with Crippen molar-refractivity contribution in [3.63, 3.8) is 0 Å². The zero-order valence-electron chi connectivity index (χ0n) is 10.8. The summed E-state index contributed by atoms with van der Waals surface area (Å²) in [4.78, 5) is 0. The lowest BCUT2D eigenvalue weighted by molar-refractivity contribution is 0.388. The lowest BCUT2D eigenvalue weighted by Crippen LogP contribution is -2.30. The van der Waals surface area contributed by atoms with Gasteiger partial charge >= 0.3 is 0 Å². The van der Waals surface area contributed by atoms with Gasteiger partial charge in [0.05, 0.1) is 11.7 Å². The largest absolute Gasteiger partial charge is 0.453 e. The summed E-state index contributed by atoms with van der Waals surface area (Å²) < 4.78 is 6.30. The highest BCUT2D eigenvalue weighted by atomic mass is 79.9. The molecule has 2 unspecified atom stereocenters. The van der Waals surface area contributed by atoms with Gasteiger partial charge in [-0.05, 0) is 54.9 Å². The fraction of sp³-hybridized carbons (Fsp3) is 0.462. The van der Waals surface area contributed by atoms with Crippen molar-refractivity contribution in [2.75, 3.05) is 0 Å². The number of nitrogens with one attached hydrogen (secondary N) is 2. The third-order valence-corrected chi connectivity index (χ3v) is 3.26. The van der Waals surface area contributed by atoms with E-state index >= 15 is 0 Å². The van der Waals surface area contributed by atoms with E-state index in [9.17, 15) is 0 Å². The SMILES string of the molecule is Cc1cc(CC(C)NC(C)c2ccc(Br)o2)n[nH]1. The van der Waals surface area contributed by atoms with Crippen LogP contribution in [-0.4, -0.2) is 16.2 Å². The van der Waals surface area contributed by atoms with E-state index in [2.05, 4.69) is 51.4 Å². The van der Waals surface area contributed by atoms with Crippen molar-refractivity contribution in [3.05, 3.63) is 40.0 Å². The third-order valence-electron chi connectivity index (χ3n) is 2.83. The van der Waals surface area contributed by atoms with Crippen LogP contribution in [0.25, 0.3) is 0 Å². The lowest BCUT2D eigenvalue weighted by atomic mass is 10.1. The number of aromatic amines is 1. The Morgan fingerprint density at radius 2 is 2.22 bits per heavy atom. The van der Waals surface area contributed by atoms with Gasteiger partial charge in [0.25, 0.3) is 0 Å². The monoisotopic (exact) mass is 311 g/mol. The molecule has 0 saturated carbocycles. The van der Waals surface area contributed by atoms with Crippen molar-refractivity contribution >= 4 is 15.9 Å². The predicted molar refractivity (Wildman–Crippen MR) is 74.4 cm³/mol. The molecule has 5 heteroatoms. The zero-order chi connectivity index (χ0) is 13.1. The first-order chi connectivity index (χ1) is 8.54. The minimum atomic E-state index is 0.186. The smallest absolute Gasteiger partial charge is 0.169 e. The molecule has 2 rings (SSSR count). The number of furan rings is 1. The van der Waals surface area contributed by atoms with E-state index in [1.165, 1.54) is 0 Å². The fourth-order valence-electron chi connectivity index (χ4n) is 2.02. The second-order valence-electron chi connectivity index (χ2n) is 4.68. The average molecular weight is 312 g/mol. The van der Waals surface area contributed by atoms with Crippen LogP contribution in [0.2, 0.25) is 0 Å². The van der Waals surface area contributed by atoms with E-state index < -0.39 is 0 Å². The summed E-state index contributed by atoms with van der Waals surface area (Å²) in [5.41, 5.74) is 2.18. The summed E-state index contributed by atoms with van der Waals surface area (Å²) in [6, 6.07) is 6.49. The molecule has 18 heavy (non-hydrogen) atoms. The maximum atomic E-state index is 5.53. The Morgan fingerprint density at radius 3 is 2.78 bits per heavy atom. The molecule has 2 aromatic rings. The topological polar surface area (TPSA) is 53.9 Å². The molecule has 2 N–H and O–H groups in total. The molecular weight excluding hydrogens is 294 g/mol. The number of halogens is 1. The summed E-state index contributed by atoms with van der Waals surface area (Å²) in [5.74, 6) is 0.937. The number of rotatable bonds is 5. The summed E-state index contributed by atoms with van der Waals surface area (Å²) in [6.07, 6.45) is 0.899. The zero-order valence-corrected chi connectivity index (χ0v) is 12.4. The van der Waals surface area contributed by atoms with Crippen molar-refractivity contribution in [1.29, 1.82) is 0 Å². The number of nitrogens with zero attached hydrogens (tertiary/aromatic N) is 1. The summed E-state index contributed by atoms with van der Waals surface area (Å²) >= 11 is 3.31. The van der Waals surface area contributed by atoms with Crippen LogP contribution in [0.4, 0.5) is 0 Å². The van der Waals surface area contributed by atoms with Gasteiger partial charge in [0, 0.05) is 18.2 Å². The van der Waals surface area contributed by atoms with E-state index in [1.807, 2.05) is 19.1 Å². The summed E-state index contributed by atoms with van der Waals surface area (Å²) in [5, 5.41) is 10.7. The third kappa shape index (κ3) is 3.46. The van der Waals surface area contributed by atoms with Crippen LogP contribution < -0.4 is 5.32 Å². The van der Waals surface area contributed by atoms with Crippen LogP contribution >= 0.6 is 15.9 Å². The van der Waals surface area contributed by atoms with Gasteiger partial charge in [0.1, 0.15) is 5.76 Å². The first-order valence-corrected chi connectivity index (χ1v) is 6.86. The van der Waals surface area contributed by atoms with E-state index in [0.29, 0.717) is 6.04 Å². The Bertz CT molecular complexity index is 506. The highest BCUT2D eigenvalue weighted by molar-refractivity contribution is 9.10. The Balaban J connectivity index is 1.89. The molecule has 0 bridgehead atoms. The molecule has 0 spiro atoms. The van der Waals surface area contributed by atoms with Crippen molar-refractivity contribution in [1.82, 2.24) is 15.5 Å². The fourth-order valence-corrected chi connectivity index (χ4v) is 2.34. The van der Waals surface area contributed by atoms with E-state index in [0.717, 1.165) is 28.2 Å². The van der Waals surface area contributed by atoms with Crippen molar-refractivity contribution in [2.24, 2.45) is 0 Å². The van der Waals surface area contributed by atoms with Gasteiger partial charge in [-0.25, -0.2) is 0 Å². The maximum absolute atomic E-state index is 5.53. The van der Waals surface area contributed by atoms with Gasteiger partial charge in [0.15, 0.2) is 4.67 Å². The number of aromatic nitrogens is 2. The van der Waals surface area contributed by atoms with Crippen LogP contribution in [-0.2, 0) is 6.42 Å². The second-order valence-corrected chi connectivity index (χ2v) is 5.46. The highest BCUT2D eigenvalue weighted by Crippen LogP contribution is 2.20. The first kappa shape index (κ1) is 13.4. The number of H-pyrrole nitrogens is 1. The average Bonchev–Trinajstić information content (AvgIpc) is 2.87. The molecule has 0 aliphatic heterocycles. The predicted octanol–water partition coefficient (Wildman–Crippen LogP) is 3.36. The molecule has 2 atom stereocenters. The Hall–Kier alpha value is -1.07.